The molecule has 0 amide bonds. The Kier molecular flexibility index (Phi) is 5.56. The van der Waals surface area contributed by atoms with Crippen LogP contribution in [0.5, 0.6) is 0 Å². The molecule has 1 atom stereocenters. The summed E-state index contributed by atoms with van der Waals surface area (Å²) in [6.45, 7) is 9.45. The average molecular weight is 304 g/mol. The largest absolute Gasteiger partial charge is 0.370 e. The van der Waals surface area contributed by atoms with E-state index in [9.17, 15) is 0 Å². The molecular formula is C16H24N4S. The number of aryl methyl sites for hydroxylation is 1. The minimum Gasteiger partial charge on any atom is -0.370 e. The van der Waals surface area contributed by atoms with Crippen molar-refractivity contribution in [3.8, 4) is 0 Å². The van der Waals surface area contributed by atoms with Crippen LogP contribution in [0.15, 0.2) is 18.5 Å². The van der Waals surface area contributed by atoms with Gasteiger partial charge >= 0.3 is 0 Å². The third-order valence-corrected chi connectivity index (χ3v) is 4.51. The zero-order chi connectivity index (χ0) is 15.2. The Morgan fingerprint density at radius 3 is 2.57 bits per heavy atom. The van der Waals surface area contributed by atoms with Gasteiger partial charge in [0.15, 0.2) is 0 Å². The molecule has 2 heterocycles. The van der Waals surface area contributed by atoms with Crippen LogP contribution in [0.3, 0.4) is 0 Å². The first-order valence-corrected chi connectivity index (χ1v) is 8.38. The third kappa shape index (κ3) is 3.94. The molecule has 0 saturated carbocycles. The minimum atomic E-state index is 0.253. The van der Waals surface area contributed by atoms with Crippen molar-refractivity contribution in [2.24, 2.45) is 0 Å². The van der Waals surface area contributed by atoms with E-state index in [-0.39, 0.29) is 6.04 Å². The van der Waals surface area contributed by atoms with Crippen molar-refractivity contribution >= 4 is 23.0 Å². The minimum absolute atomic E-state index is 0.253. The fraction of sp³-hybridized carbons (Fsp3) is 0.500. The summed E-state index contributed by atoms with van der Waals surface area (Å²) in [6, 6.07) is 4.60. The summed E-state index contributed by atoms with van der Waals surface area (Å²) in [7, 11) is 0. The molecule has 2 aromatic rings. The first-order chi connectivity index (χ1) is 10.2. The second kappa shape index (κ2) is 7.41. The standard InChI is InChI=1S/C16H24N4S/c1-5-7-13-15(17-6-2)18-10-19-16(13)20-12(4)14-9-8-11(3)21-14/h8-10,12H,5-7H2,1-4H3,(H2,17,18,19,20). The summed E-state index contributed by atoms with van der Waals surface area (Å²) in [5.41, 5.74) is 1.18. The number of rotatable bonds is 7. The number of nitrogens with zero attached hydrogens (tertiary/aromatic N) is 2. The van der Waals surface area contributed by atoms with Crippen LogP contribution < -0.4 is 10.6 Å². The van der Waals surface area contributed by atoms with Gasteiger partial charge in [-0.3, -0.25) is 0 Å². The fourth-order valence-corrected chi connectivity index (χ4v) is 3.19. The number of thiophene rings is 1. The maximum absolute atomic E-state index is 4.45. The highest BCUT2D eigenvalue weighted by Gasteiger charge is 2.14. The highest BCUT2D eigenvalue weighted by molar-refractivity contribution is 7.12. The first kappa shape index (κ1) is 15.8. The second-order valence-corrected chi connectivity index (χ2v) is 6.46. The molecule has 0 spiro atoms. The van der Waals surface area contributed by atoms with Gasteiger partial charge in [-0.25, -0.2) is 9.97 Å². The fourth-order valence-electron chi connectivity index (χ4n) is 2.31. The molecule has 21 heavy (non-hydrogen) atoms. The molecule has 2 aromatic heterocycles. The monoisotopic (exact) mass is 304 g/mol. The van der Waals surface area contributed by atoms with Gasteiger partial charge in [0.1, 0.15) is 18.0 Å². The molecule has 5 heteroatoms. The van der Waals surface area contributed by atoms with Crippen LogP contribution >= 0.6 is 11.3 Å². The Bertz CT molecular complexity index is 579. The van der Waals surface area contributed by atoms with E-state index in [4.69, 9.17) is 0 Å². The van der Waals surface area contributed by atoms with Crippen LogP contribution in [0.25, 0.3) is 0 Å². The normalized spacial score (nSPS) is 12.2. The zero-order valence-corrected chi connectivity index (χ0v) is 14.0. The van der Waals surface area contributed by atoms with Crippen molar-refractivity contribution in [1.82, 2.24) is 9.97 Å². The van der Waals surface area contributed by atoms with Crippen LogP contribution in [-0.4, -0.2) is 16.5 Å². The van der Waals surface area contributed by atoms with Crippen molar-refractivity contribution in [3.05, 3.63) is 33.8 Å². The van der Waals surface area contributed by atoms with Crippen molar-refractivity contribution in [3.63, 3.8) is 0 Å². The second-order valence-electron chi connectivity index (χ2n) is 5.14. The number of aromatic nitrogens is 2. The Hall–Kier alpha value is -1.62. The Balaban J connectivity index is 2.23. The lowest BCUT2D eigenvalue weighted by Crippen LogP contribution is -2.12. The van der Waals surface area contributed by atoms with Gasteiger partial charge in [-0.2, -0.15) is 0 Å². The van der Waals surface area contributed by atoms with Crippen molar-refractivity contribution < 1.29 is 0 Å². The summed E-state index contributed by atoms with van der Waals surface area (Å²) >= 11 is 1.83. The molecule has 0 radical (unpaired) electrons. The van der Waals surface area contributed by atoms with Crippen LogP contribution in [-0.2, 0) is 6.42 Å². The van der Waals surface area contributed by atoms with Crippen molar-refractivity contribution in [1.29, 1.82) is 0 Å². The highest BCUT2D eigenvalue weighted by atomic mass is 32.1. The van der Waals surface area contributed by atoms with Gasteiger partial charge in [-0.05, 0) is 39.3 Å². The lowest BCUT2D eigenvalue weighted by Gasteiger charge is -2.18. The van der Waals surface area contributed by atoms with E-state index in [0.29, 0.717) is 0 Å². The summed E-state index contributed by atoms with van der Waals surface area (Å²) in [5, 5.41) is 6.87. The predicted octanol–water partition coefficient (Wildman–Crippen LogP) is 4.40. The Morgan fingerprint density at radius 2 is 1.95 bits per heavy atom. The van der Waals surface area contributed by atoms with E-state index in [1.165, 1.54) is 15.3 Å². The van der Waals surface area contributed by atoms with Crippen LogP contribution in [0.1, 0.15) is 48.6 Å². The van der Waals surface area contributed by atoms with E-state index in [1.54, 1.807) is 6.33 Å². The van der Waals surface area contributed by atoms with Crippen LogP contribution in [0.4, 0.5) is 11.6 Å². The van der Waals surface area contributed by atoms with E-state index >= 15 is 0 Å². The van der Waals surface area contributed by atoms with E-state index in [1.807, 2.05) is 11.3 Å². The highest BCUT2D eigenvalue weighted by Crippen LogP contribution is 2.28. The van der Waals surface area contributed by atoms with Gasteiger partial charge in [0.25, 0.3) is 0 Å². The number of anilines is 2. The molecule has 0 fully saturated rings. The molecule has 0 bridgehead atoms. The van der Waals surface area contributed by atoms with Crippen molar-refractivity contribution in [2.75, 3.05) is 17.2 Å². The number of hydrogen-bond donors (Lipinski definition) is 2. The maximum atomic E-state index is 4.45. The summed E-state index contributed by atoms with van der Waals surface area (Å²) in [4.78, 5) is 11.5. The molecule has 0 aliphatic rings. The molecule has 2 rings (SSSR count). The van der Waals surface area contributed by atoms with Gasteiger partial charge in [-0.15, -0.1) is 11.3 Å². The van der Waals surface area contributed by atoms with E-state index < -0.39 is 0 Å². The first-order valence-electron chi connectivity index (χ1n) is 7.56. The third-order valence-electron chi connectivity index (χ3n) is 3.33. The van der Waals surface area contributed by atoms with E-state index in [2.05, 4.69) is 60.4 Å². The quantitative estimate of drug-likeness (QED) is 0.796. The van der Waals surface area contributed by atoms with Gasteiger partial charge in [0, 0.05) is 21.9 Å². The number of nitrogens with one attached hydrogen (secondary N) is 2. The van der Waals surface area contributed by atoms with Gasteiger partial charge in [0.2, 0.25) is 0 Å². The summed E-state index contributed by atoms with van der Waals surface area (Å²) < 4.78 is 0. The van der Waals surface area contributed by atoms with Gasteiger partial charge in [-0.1, -0.05) is 13.3 Å². The smallest absolute Gasteiger partial charge is 0.135 e. The average Bonchev–Trinajstić information content (AvgIpc) is 2.89. The molecule has 1 unspecified atom stereocenters. The Morgan fingerprint density at radius 1 is 1.19 bits per heavy atom. The molecular weight excluding hydrogens is 280 g/mol. The zero-order valence-electron chi connectivity index (χ0n) is 13.2. The van der Waals surface area contributed by atoms with Crippen LogP contribution in [0, 0.1) is 6.92 Å². The lowest BCUT2D eigenvalue weighted by molar-refractivity contribution is 0.858. The maximum Gasteiger partial charge on any atom is 0.135 e. The molecule has 4 nitrogen and oxygen atoms in total. The topological polar surface area (TPSA) is 49.8 Å². The lowest BCUT2D eigenvalue weighted by atomic mass is 10.1. The van der Waals surface area contributed by atoms with Gasteiger partial charge < -0.3 is 10.6 Å². The molecule has 0 aliphatic carbocycles. The van der Waals surface area contributed by atoms with Gasteiger partial charge in [0.05, 0.1) is 6.04 Å². The molecule has 0 aliphatic heterocycles. The summed E-state index contributed by atoms with van der Waals surface area (Å²) in [5.74, 6) is 1.90. The van der Waals surface area contributed by atoms with Crippen molar-refractivity contribution in [2.45, 2.75) is 46.6 Å². The SMILES string of the molecule is CCCc1c(NCC)ncnc1NC(C)c1ccc(C)s1. The summed E-state index contributed by atoms with van der Waals surface area (Å²) in [6.07, 6.45) is 3.68. The predicted molar refractivity (Wildman–Crippen MR) is 91.3 cm³/mol. The molecule has 114 valence electrons. The molecule has 0 aromatic carbocycles. The van der Waals surface area contributed by atoms with Crippen LogP contribution in [0.2, 0.25) is 0 Å². The number of hydrogen-bond acceptors (Lipinski definition) is 5. The molecule has 0 saturated heterocycles. The van der Waals surface area contributed by atoms with E-state index in [0.717, 1.165) is 31.0 Å². The Labute approximate surface area is 131 Å². The molecule has 2 N–H and O–H groups in total.